The molecule has 0 spiro atoms. The second kappa shape index (κ2) is 3.52. The van der Waals surface area contributed by atoms with Gasteiger partial charge in [-0.2, -0.15) is 0 Å². The first-order chi connectivity index (χ1) is 8.25. The summed E-state index contributed by atoms with van der Waals surface area (Å²) in [5.41, 5.74) is 2.20. The minimum atomic E-state index is -0.0457. The van der Waals surface area contributed by atoms with Crippen LogP contribution in [0.4, 0.5) is 0 Å². The van der Waals surface area contributed by atoms with Crippen molar-refractivity contribution in [3.05, 3.63) is 59.0 Å². The second-order valence-electron chi connectivity index (χ2n) is 3.81. The molecule has 0 saturated heterocycles. The van der Waals surface area contributed by atoms with Crippen LogP contribution >= 0.6 is 0 Å². The summed E-state index contributed by atoms with van der Waals surface area (Å²) in [7, 11) is 0. The van der Waals surface area contributed by atoms with Crippen molar-refractivity contribution in [2.45, 2.75) is 0 Å². The van der Waals surface area contributed by atoms with E-state index in [2.05, 4.69) is 4.98 Å². The molecule has 1 aromatic carbocycles. The first kappa shape index (κ1) is 9.72. The molecule has 2 aromatic heterocycles. The van der Waals surface area contributed by atoms with Crippen LogP contribution in [0.25, 0.3) is 16.9 Å². The van der Waals surface area contributed by atoms with Gasteiger partial charge >= 0.3 is 0 Å². The van der Waals surface area contributed by atoms with Gasteiger partial charge < -0.3 is 14.5 Å². The van der Waals surface area contributed by atoms with E-state index in [1.807, 2.05) is 16.5 Å². The number of phenols is 1. The quantitative estimate of drug-likeness (QED) is 0.666. The zero-order chi connectivity index (χ0) is 11.8. The predicted molar refractivity (Wildman–Crippen MR) is 65.1 cm³/mol. The van der Waals surface area contributed by atoms with Crippen molar-refractivity contribution >= 4 is 5.65 Å². The number of nitrogens with one attached hydrogen (secondary N) is 1. The summed E-state index contributed by atoms with van der Waals surface area (Å²) >= 11 is 0. The molecule has 0 bridgehead atoms. The standard InChI is InChI=1S/C13H10N2O2/c16-9-5-6-15-11(8-14-13(15)7-9)10-3-1-2-4-12(10)17/h1-8,14,17H. The number of aromatic hydroxyl groups is 1. The Morgan fingerprint density at radius 3 is 2.82 bits per heavy atom. The molecular weight excluding hydrogens is 216 g/mol. The number of rotatable bonds is 1. The van der Waals surface area contributed by atoms with E-state index < -0.39 is 0 Å². The summed E-state index contributed by atoms with van der Waals surface area (Å²) in [5, 5.41) is 9.81. The molecule has 0 aliphatic carbocycles. The first-order valence-corrected chi connectivity index (χ1v) is 5.24. The number of aromatic nitrogens is 2. The summed E-state index contributed by atoms with van der Waals surface area (Å²) in [6.07, 6.45) is 3.46. The molecule has 0 aliphatic heterocycles. The van der Waals surface area contributed by atoms with Crippen molar-refractivity contribution in [3.8, 4) is 17.0 Å². The topological polar surface area (TPSA) is 57.5 Å². The minimum Gasteiger partial charge on any atom is -0.507 e. The lowest BCUT2D eigenvalue weighted by Crippen LogP contribution is -1.99. The molecule has 0 fully saturated rings. The lowest BCUT2D eigenvalue weighted by molar-refractivity contribution is 0.477. The molecule has 3 rings (SSSR count). The number of phenolic OH excluding ortho intramolecular Hbond substituents is 1. The number of H-pyrrole nitrogens is 1. The second-order valence-corrected chi connectivity index (χ2v) is 3.81. The molecule has 17 heavy (non-hydrogen) atoms. The molecule has 2 N–H and O–H groups in total. The molecule has 2 heterocycles. The van der Waals surface area contributed by atoms with E-state index in [-0.39, 0.29) is 11.2 Å². The molecule has 4 heteroatoms. The monoisotopic (exact) mass is 226 g/mol. The third kappa shape index (κ3) is 1.50. The van der Waals surface area contributed by atoms with E-state index in [1.54, 1.807) is 24.5 Å². The van der Waals surface area contributed by atoms with Crippen LogP contribution in [0.3, 0.4) is 0 Å². The molecule has 4 nitrogen and oxygen atoms in total. The molecule has 0 amide bonds. The Kier molecular flexibility index (Phi) is 2.01. The van der Waals surface area contributed by atoms with E-state index in [0.29, 0.717) is 5.65 Å². The van der Waals surface area contributed by atoms with E-state index in [9.17, 15) is 9.90 Å². The van der Waals surface area contributed by atoms with Crippen LogP contribution in [0.15, 0.2) is 53.6 Å². The van der Waals surface area contributed by atoms with Crippen LogP contribution in [0.1, 0.15) is 0 Å². The Labute approximate surface area is 96.8 Å². The molecule has 0 aliphatic rings. The lowest BCUT2D eigenvalue weighted by Gasteiger charge is -2.03. The summed E-state index contributed by atoms with van der Waals surface area (Å²) in [4.78, 5) is 14.2. The number of para-hydroxylation sites is 1. The summed E-state index contributed by atoms with van der Waals surface area (Å²) in [6, 6.07) is 10.1. The van der Waals surface area contributed by atoms with Crippen molar-refractivity contribution in [2.24, 2.45) is 0 Å². The average molecular weight is 226 g/mol. The van der Waals surface area contributed by atoms with Crippen LogP contribution in [0, 0.1) is 0 Å². The molecular formula is C13H10N2O2. The number of imidazole rings is 1. The van der Waals surface area contributed by atoms with Crippen molar-refractivity contribution in [2.75, 3.05) is 0 Å². The Hall–Kier alpha value is -2.49. The zero-order valence-electron chi connectivity index (χ0n) is 8.92. The summed E-state index contributed by atoms with van der Waals surface area (Å²) in [5.74, 6) is 0.215. The number of hydrogen-bond acceptors (Lipinski definition) is 2. The third-order valence-electron chi connectivity index (χ3n) is 2.72. The Bertz CT molecular complexity index is 740. The normalized spacial score (nSPS) is 10.8. The van der Waals surface area contributed by atoms with E-state index >= 15 is 0 Å². The number of aromatic amines is 1. The number of pyridine rings is 1. The highest BCUT2D eigenvalue weighted by Crippen LogP contribution is 2.28. The van der Waals surface area contributed by atoms with E-state index in [1.165, 1.54) is 12.1 Å². The fourth-order valence-electron chi connectivity index (χ4n) is 1.91. The Morgan fingerprint density at radius 1 is 1.18 bits per heavy atom. The van der Waals surface area contributed by atoms with Gasteiger partial charge in [0.1, 0.15) is 11.4 Å². The third-order valence-corrected chi connectivity index (χ3v) is 2.72. The summed E-state index contributed by atoms with van der Waals surface area (Å²) < 4.78 is 1.83. The molecule has 0 radical (unpaired) electrons. The largest absolute Gasteiger partial charge is 0.507 e. The van der Waals surface area contributed by atoms with Crippen LogP contribution < -0.4 is 5.43 Å². The van der Waals surface area contributed by atoms with Gasteiger partial charge in [0.2, 0.25) is 0 Å². The Morgan fingerprint density at radius 2 is 2.00 bits per heavy atom. The van der Waals surface area contributed by atoms with Gasteiger partial charge in [0, 0.05) is 30.1 Å². The van der Waals surface area contributed by atoms with Crippen molar-refractivity contribution in [1.29, 1.82) is 0 Å². The van der Waals surface area contributed by atoms with Crippen LogP contribution in [0.5, 0.6) is 5.75 Å². The highest BCUT2D eigenvalue weighted by atomic mass is 16.3. The number of fused-ring (bicyclic) bond motifs is 1. The van der Waals surface area contributed by atoms with Gasteiger partial charge in [-0.25, -0.2) is 0 Å². The van der Waals surface area contributed by atoms with Gasteiger partial charge in [0.25, 0.3) is 0 Å². The fraction of sp³-hybridized carbons (Fsp3) is 0. The van der Waals surface area contributed by atoms with E-state index in [0.717, 1.165) is 11.3 Å². The first-order valence-electron chi connectivity index (χ1n) is 5.24. The molecule has 3 aromatic rings. The number of hydrogen-bond donors (Lipinski definition) is 2. The fourth-order valence-corrected chi connectivity index (χ4v) is 1.91. The maximum Gasteiger partial charge on any atom is 0.183 e. The maximum atomic E-state index is 11.2. The van der Waals surface area contributed by atoms with Gasteiger partial charge in [-0.05, 0) is 12.1 Å². The van der Waals surface area contributed by atoms with Crippen LogP contribution in [-0.2, 0) is 0 Å². The molecule has 84 valence electrons. The van der Waals surface area contributed by atoms with Gasteiger partial charge in [-0.15, -0.1) is 0 Å². The lowest BCUT2D eigenvalue weighted by atomic mass is 10.1. The molecule has 0 unspecified atom stereocenters. The smallest absolute Gasteiger partial charge is 0.183 e. The van der Waals surface area contributed by atoms with E-state index in [4.69, 9.17) is 0 Å². The predicted octanol–water partition coefficient (Wildman–Crippen LogP) is 2.00. The van der Waals surface area contributed by atoms with Crippen LogP contribution in [0.2, 0.25) is 0 Å². The van der Waals surface area contributed by atoms with Gasteiger partial charge in [0.05, 0.1) is 5.69 Å². The van der Waals surface area contributed by atoms with Crippen LogP contribution in [-0.4, -0.2) is 14.5 Å². The average Bonchev–Trinajstić information content (AvgIpc) is 2.72. The van der Waals surface area contributed by atoms with Crippen molar-refractivity contribution in [3.63, 3.8) is 0 Å². The van der Waals surface area contributed by atoms with Gasteiger partial charge in [0.15, 0.2) is 5.43 Å². The number of benzene rings is 1. The van der Waals surface area contributed by atoms with Crippen molar-refractivity contribution in [1.82, 2.24) is 9.38 Å². The van der Waals surface area contributed by atoms with Crippen molar-refractivity contribution < 1.29 is 5.11 Å². The zero-order valence-corrected chi connectivity index (χ0v) is 8.92. The maximum absolute atomic E-state index is 11.2. The molecule has 0 atom stereocenters. The Balaban J connectivity index is 2.32. The van der Waals surface area contributed by atoms with Gasteiger partial charge in [-0.3, -0.25) is 4.79 Å². The highest BCUT2D eigenvalue weighted by Gasteiger charge is 2.08. The van der Waals surface area contributed by atoms with Gasteiger partial charge in [-0.1, -0.05) is 12.1 Å². The number of nitrogens with zero attached hydrogens (tertiary/aromatic N) is 1. The summed E-state index contributed by atoms with van der Waals surface area (Å²) in [6.45, 7) is 0. The molecule has 0 saturated carbocycles. The SMILES string of the molecule is O=c1ccn2c(-c3ccccc3O)c[nH]c2c1. The minimum absolute atomic E-state index is 0.0457. The highest BCUT2D eigenvalue weighted by molar-refractivity contribution is 5.69.